The number of halogens is 1. The van der Waals surface area contributed by atoms with E-state index in [1.54, 1.807) is 0 Å². The average Bonchev–Trinajstić information content (AvgIpc) is 2.43. The fourth-order valence-electron chi connectivity index (χ4n) is 1.96. The number of benzene rings is 1. The largest absolute Gasteiger partial charge is 0.384 e. The highest BCUT2D eigenvalue weighted by atomic mass is 35.5. The van der Waals surface area contributed by atoms with Crippen LogP contribution in [0.2, 0.25) is 0 Å². The van der Waals surface area contributed by atoms with Crippen molar-refractivity contribution in [2.24, 2.45) is 5.92 Å². The summed E-state index contributed by atoms with van der Waals surface area (Å²) in [6.07, 6.45) is 0. The van der Waals surface area contributed by atoms with Crippen LogP contribution in [0.5, 0.6) is 0 Å². The zero-order valence-electron chi connectivity index (χ0n) is 12.4. The molecular weight excluding hydrogens is 328 g/mol. The van der Waals surface area contributed by atoms with Crippen molar-refractivity contribution in [3.05, 3.63) is 29.8 Å². The Morgan fingerprint density at radius 2 is 1.95 bits per heavy atom. The molecular formula is C14H21ClN2O4S. The van der Waals surface area contributed by atoms with Crippen molar-refractivity contribution >= 4 is 28.2 Å². The Hall–Kier alpha value is -1.15. The first kappa shape index (κ1) is 18.9. The molecule has 0 atom stereocenters. The lowest BCUT2D eigenvalue weighted by Gasteiger charge is -2.27. The smallest absolute Gasteiger partial charge is 0.251 e. The molecule has 1 heterocycles. The summed E-state index contributed by atoms with van der Waals surface area (Å²) < 4.78 is 28.7. The summed E-state index contributed by atoms with van der Waals surface area (Å²) in [6, 6.07) is 6.00. The van der Waals surface area contributed by atoms with Gasteiger partial charge in [0.25, 0.3) is 5.91 Å². The van der Waals surface area contributed by atoms with Gasteiger partial charge in [0.2, 0.25) is 0 Å². The van der Waals surface area contributed by atoms with Crippen molar-refractivity contribution in [3.63, 3.8) is 0 Å². The van der Waals surface area contributed by atoms with Gasteiger partial charge in [0.05, 0.1) is 17.3 Å². The third kappa shape index (κ3) is 4.95. The molecule has 0 spiro atoms. The van der Waals surface area contributed by atoms with Crippen LogP contribution in [0.15, 0.2) is 29.2 Å². The Kier molecular flexibility index (Phi) is 7.28. The van der Waals surface area contributed by atoms with Crippen LogP contribution in [0.25, 0.3) is 0 Å². The Bertz CT molecular complexity index is 585. The van der Waals surface area contributed by atoms with Crippen LogP contribution in [-0.4, -0.2) is 53.4 Å². The molecule has 1 amide bonds. The van der Waals surface area contributed by atoms with Crippen molar-refractivity contribution in [3.8, 4) is 0 Å². The summed E-state index contributed by atoms with van der Waals surface area (Å²) in [6.45, 7) is 2.65. The van der Waals surface area contributed by atoms with Crippen molar-refractivity contribution in [2.45, 2.75) is 4.90 Å². The first-order chi connectivity index (χ1) is 10.0. The number of carbonyl (C=O) groups excluding carboxylic acids is 1. The maximum absolute atomic E-state index is 11.9. The van der Waals surface area contributed by atoms with Crippen molar-refractivity contribution < 1.29 is 17.9 Å². The lowest BCUT2D eigenvalue weighted by molar-refractivity contribution is 0.0942. The number of methoxy groups -OCH3 is 1. The van der Waals surface area contributed by atoms with E-state index in [1.165, 1.54) is 31.4 Å². The van der Waals surface area contributed by atoms with E-state index < -0.39 is 9.84 Å². The van der Waals surface area contributed by atoms with E-state index in [2.05, 4.69) is 10.6 Å². The second-order valence-corrected chi connectivity index (χ2v) is 7.18. The molecule has 0 aromatic heterocycles. The number of sulfone groups is 1. The van der Waals surface area contributed by atoms with Gasteiger partial charge in [-0.15, -0.1) is 12.4 Å². The van der Waals surface area contributed by atoms with Gasteiger partial charge in [-0.05, 0) is 24.3 Å². The van der Waals surface area contributed by atoms with E-state index in [0.29, 0.717) is 18.0 Å². The lowest BCUT2D eigenvalue weighted by atomic mass is 10.0. The molecule has 1 aliphatic heterocycles. The third-order valence-corrected chi connectivity index (χ3v) is 5.14. The quantitative estimate of drug-likeness (QED) is 0.748. The van der Waals surface area contributed by atoms with E-state index in [9.17, 15) is 13.2 Å². The van der Waals surface area contributed by atoms with Crippen molar-refractivity contribution in [2.75, 3.05) is 39.1 Å². The van der Waals surface area contributed by atoms with Gasteiger partial charge in [0.1, 0.15) is 0 Å². The van der Waals surface area contributed by atoms with Gasteiger partial charge >= 0.3 is 0 Å². The summed E-state index contributed by atoms with van der Waals surface area (Å²) >= 11 is 0. The number of nitrogens with one attached hydrogen (secondary N) is 2. The molecule has 0 aliphatic carbocycles. The topological polar surface area (TPSA) is 84.5 Å². The third-order valence-electron chi connectivity index (χ3n) is 3.45. The maximum atomic E-state index is 11.9. The van der Waals surface area contributed by atoms with Crippen LogP contribution >= 0.6 is 12.4 Å². The number of rotatable bonds is 7. The van der Waals surface area contributed by atoms with E-state index >= 15 is 0 Å². The van der Waals surface area contributed by atoms with Crippen LogP contribution in [0.3, 0.4) is 0 Å². The van der Waals surface area contributed by atoms with Crippen LogP contribution in [0, 0.1) is 5.92 Å². The minimum absolute atomic E-state index is 0. The fraction of sp³-hybridized carbons (Fsp3) is 0.500. The Morgan fingerprint density at radius 1 is 1.32 bits per heavy atom. The SMILES string of the molecule is COCCS(=O)(=O)c1ccc(C(=O)NCC2CNC2)cc1.Cl. The molecule has 2 N–H and O–H groups in total. The van der Waals surface area contributed by atoms with E-state index in [-0.39, 0.29) is 35.6 Å². The summed E-state index contributed by atoms with van der Waals surface area (Å²) in [5.74, 6) is 0.245. The number of hydrogen-bond donors (Lipinski definition) is 2. The minimum Gasteiger partial charge on any atom is -0.384 e. The maximum Gasteiger partial charge on any atom is 0.251 e. The molecule has 1 fully saturated rings. The number of carbonyl (C=O) groups is 1. The predicted octanol–water partition coefficient (Wildman–Crippen LogP) is 0.478. The summed E-state index contributed by atoms with van der Waals surface area (Å²) in [7, 11) is -1.89. The van der Waals surface area contributed by atoms with Crippen molar-refractivity contribution in [1.29, 1.82) is 0 Å². The molecule has 1 aromatic carbocycles. The molecule has 22 heavy (non-hydrogen) atoms. The summed E-state index contributed by atoms with van der Waals surface area (Å²) in [5, 5.41) is 5.98. The second kappa shape index (κ2) is 8.47. The van der Waals surface area contributed by atoms with Gasteiger partial charge in [0.15, 0.2) is 9.84 Å². The molecule has 1 aliphatic rings. The van der Waals surface area contributed by atoms with E-state index in [0.717, 1.165) is 13.1 Å². The monoisotopic (exact) mass is 348 g/mol. The lowest BCUT2D eigenvalue weighted by Crippen LogP contribution is -2.48. The molecule has 2 rings (SSSR count). The van der Waals surface area contributed by atoms with Gasteiger partial charge in [-0.3, -0.25) is 4.79 Å². The van der Waals surface area contributed by atoms with Crippen molar-refractivity contribution in [1.82, 2.24) is 10.6 Å². The normalized spacial score (nSPS) is 14.8. The van der Waals surface area contributed by atoms with Crippen LogP contribution in [0.4, 0.5) is 0 Å². The number of amides is 1. The van der Waals surface area contributed by atoms with Gasteiger partial charge in [-0.2, -0.15) is 0 Å². The van der Waals surface area contributed by atoms with Crippen LogP contribution < -0.4 is 10.6 Å². The Labute approximate surface area is 136 Å². The second-order valence-electron chi connectivity index (χ2n) is 5.07. The molecule has 6 nitrogen and oxygen atoms in total. The fourth-order valence-corrected chi connectivity index (χ4v) is 3.13. The first-order valence-corrected chi connectivity index (χ1v) is 8.49. The molecule has 0 unspecified atom stereocenters. The van der Waals surface area contributed by atoms with Gasteiger partial charge < -0.3 is 15.4 Å². The molecule has 0 saturated carbocycles. The average molecular weight is 349 g/mol. The Morgan fingerprint density at radius 3 is 2.45 bits per heavy atom. The molecule has 0 bridgehead atoms. The van der Waals surface area contributed by atoms with E-state index in [1.807, 2.05) is 0 Å². The zero-order chi connectivity index (χ0) is 15.3. The predicted molar refractivity (Wildman–Crippen MR) is 86.3 cm³/mol. The number of ether oxygens (including phenoxy) is 1. The van der Waals surface area contributed by atoms with Crippen LogP contribution in [-0.2, 0) is 14.6 Å². The molecule has 0 radical (unpaired) electrons. The van der Waals surface area contributed by atoms with Gasteiger partial charge in [-0.1, -0.05) is 0 Å². The molecule has 124 valence electrons. The highest BCUT2D eigenvalue weighted by molar-refractivity contribution is 7.91. The highest BCUT2D eigenvalue weighted by Gasteiger charge is 2.18. The Balaban J connectivity index is 0.00000242. The first-order valence-electron chi connectivity index (χ1n) is 6.83. The molecule has 1 aromatic rings. The van der Waals surface area contributed by atoms with Gasteiger partial charge in [0, 0.05) is 38.2 Å². The summed E-state index contributed by atoms with van der Waals surface area (Å²) in [4.78, 5) is 12.1. The highest BCUT2D eigenvalue weighted by Crippen LogP contribution is 2.13. The zero-order valence-corrected chi connectivity index (χ0v) is 14.0. The standard InChI is InChI=1S/C14H20N2O4S.ClH/c1-20-6-7-21(18,19)13-4-2-12(3-5-13)14(17)16-10-11-8-15-9-11;/h2-5,11,15H,6-10H2,1H3,(H,16,17);1H. The summed E-state index contributed by atoms with van der Waals surface area (Å²) in [5.41, 5.74) is 0.466. The van der Waals surface area contributed by atoms with Crippen LogP contribution in [0.1, 0.15) is 10.4 Å². The molecule has 8 heteroatoms. The minimum atomic E-state index is -3.35. The van der Waals surface area contributed by atoms with Gasteiger partial charge in [-0.25, -0.2) is 8.42 Å². The molecule has 1 saturated heterocycles. The number of hydrogen-bond acceptors (Lipinski definition) is 5. The van der Waals surface area contributed by atoms with E-state index in [4.69, 9.17) is 4.74 Å².